The van der Waals surface area contributed by atoms with Gasteiger partial charge in [0.15, 0.2) is 0 Å². The lowest BCUT2D eigenvalue weighted by molar-refractivity contribution is 0.104. The van der Waals surface area contributed by atoms with Crippen LogP contribution >= 0.6 is 0 Å². The van der Waals surface area contributed by atoms with E-state index in [9.17, 15) is 9.50 Å². The molecular formula is C20H26FNO. The lowest BCUT2D eigenvalue weighted by atomic mass is 9.83. The number of hydrogen-bond donors (Lipinski definition) is 1. The van der Waals surface area contributed by atoms with Crippen LogP contribution in [0.2, 0.25) is 0 Å². The van der Waals surface area contributed by atoms with Gasteiger partial charge in [0, 0.05) is 16.8 Å². The van der Waals surface area contributed by atoms with Gasteiger partial charge < -0.3 is 10.0 Å². The SMILES string of the molecule is C=CN1/C(=C\C)c2cccc(F)c2C1CCC1CCC(O)CC1. The second-order valence-electron chi connectivity index (χ2n) is 6.73. The molecule has 1 aromatic carbocycles. The predicted octanol–water partition coefficient (Wildman–Crippen LogP) is 5.02. The van der Waals surface area contributed by atoms with E-state index in [1.54, 1.807) is 12.1 Å². The highest BCUT2D eigenvalue weighted by Crippen LogP contribution is 2.46. The maximum atomic E-state index is 14.5. The van der Waals surface area contributed by atoms with Gasteiger partial charge in [0.25, 0.3) is 0 Å². The number of benzene rings is 1. The molecule has 0 aromatic heterocycles. The van der Waals surface area contributed by atoms with E-state index < -0.39 is 0 Å². The topological polar surface area (TPSA) is 23.5 Å². The monoisotopic (exact) mass is 315 g/mol. The standard InChI is InChI=1S/C20H26FNO/c1-3-18-16-6-5-7-17(21)20(16)19(22(18)4-2)13-10-14-8-11-15(23)12-9-14/h3-7,14-15,19,23H,2,8-13H2,1H3/b18-3-. The van der Waals surface area contributed by atoms with Crippen molar-refractivity contribution in [3.8, 4) is 0 Å². The number of hydrogen-bond acceptors (Lipinski definition) is 2. The molecule has 1 fully saturated rings. The number of fused-ring (bicyclic) bond motifs is 1. The molecule has 3 heteroatoms. The lowest BCUT2D eigenvalue weighted by Crippen LogP contribution is -2.20. The highest BCUT2D eigenvalue weighted by Gasteiger charge is 2.34. The molecule has 1 N–H and O–H groups in total. The summed E-state index contributed by atoms with van der Waals surface area (Å²) >= 11 is 0. The zero-order valence-corrected chi connectivity index (χ0v) is 13.8. The Hall–Kier alpha value is -1.61. The smallest absolute Gasteiger partial charge is 0.129 e. The minimum Gasteiger partial charge on any atom is -0.393 e. The maximum absolute atomic E-state index is 14.5. The van der Waals surface area contributed by atoms with Gasteiger partial charge in [-0.2, -0.15) is 0 Å². The zero-order valence-electron chi connectivity index (χ0n) is 13.8. The van der Waals surface area contributed by atoms with Crippen molar-refractivity contribution in [2.24, 2.45) is 5.92 Å². The number of aliphatic hydroxyl groups excluding tert-OH is 1. The first-order valence-electron chi connectivity index (χ1n) is 8.69. The molecule has 23 heavy (non-hydrogen) atoms. The van der Waals surface area contributed by atoms with Gasteiger partial charge in [-0.05, 0) is 63.6 Å². The summed E-state index contributed by atoms with van der Waals surface area (Å²) in [6, 6.07) is 5.38. The van der Waals surface area contributed by atoms with Gasteiger partial charge in [0.2, 0.25) is 0 Å². The predicted molar refractivity (Wildman–Crippen MR) is 92.0 cm³/mol. The molecule has 124 valence electrons. The maximum Gasteiger partial charge on any atom is 0.129 e. The second kappa shape index (κ2) is 6.88. The molecule has 1 aromatic rings. The summed E-state index contributed by atoms with van der Waals surface area (Å²) in [5.41, 5.74) is 2.87. The van der Waals surface area contributed by atoms with Crippen LogP contribution < -0.4 is 0 Å². The summed E-state index contributed by atoms with van der Waals surface area (Å²) < 4.78 is 14.5. The normalized spacial score (nSPS) is 28.9. The Morgan fingerprint density at radius 3 is 2.65 bits per heavy atom. The van der Waals surface area contributed by atoms with Crippen molar-refractivity contribution in [3.63, 3.8) is 0 Å². The van der Waals surface area contributed by atoms with Gasteiger partial charge in [0.1, 0.15) is 5.82 Å². The third kappa shape index (κ3) is 3.07. The van der Waals surface area contributed by atoms with E-state index in [1.807, 2.05) is 25.3 Å². The van der Waals surface area contributed by atoms with Crippen molar-refractivity contribution in [3.05, 3.63) is 54.0 Å². The van der Waals surface area contributed by atoms with E-state index in [0.29, 0.717) is 5.92 Å². The Balaban J connectivity index is 1.79. The van der Waals surface area contributed by atoms with Crippen LogP contribution in [0.4, 0.5) is 4.39 Å². The molecular weight excluding hydrogens is 289 g/mol. The number of allylic oxidation sites excluding steroid dienone is 1. The highest BCUT2D eigenvalue weighted by atomic mass is 19.1. The van der Waals surface area contributed by atoms with E-state index in [2.05, 4.69) is 11.5 Å². The first-order chi connectivity index (χ1) is 11.2. The minimum absolute atomic E-state index is 0.0433. The summed E-state index contributed by atoms with van der Waals surface area (Å²) in [5, 5.41) is 9.64. The third-order valence-electron chi connectivity index (χ3n) is 5.41. The Bertz CT molecular complexity index is 602. The molecule has 1 atom stereocenters. The second-order valence-corrected chi connectivity index (χ2v) is 6.73. The summed E-state index contributed by atoms with van der Waals surface area (Å²) in [5.74, 6) is 0.533. The fourth-order valence-corrected chi connectivity index (χ4v) is 4.19. The van der Waals surface area contributed by atoms with Crippen molar-refractivity contribution in [2.75, 3.05) is 0 Å². The molecule has 1 heterocycles. The molecule has 0 amide bonds. The number of rotatable bonds is 4. The van der Waals surface area contributed by atoms with E-state index >= 15 is 0 Å². The van der Waals surface area contributed by atoms with Crippen molar-refractivity contribution in [1.29, 1.82) is 0 Å². The molecule has 1 unspecified atom stereocenters. The quantitative estimate of drug-likeness (QED) is 0.843. The van der Waals surface area contributed by atoms with Crippen LogP contribution in [0.1, 0.15) is 62.6 Å². The van der Waals surface area contributed by atoms with Gasteiger partial charge in [-0.25, -0.2) is 4.39 Å². The summed E-state index contributed by atoms with van der Waals surface area (Å²) in [4.78, 5) is 2.12. The van der Waals surface area contributed by atoms with Crippen LogP contribution in [0.25, 0.3) is 5.70 Å². The van der Waals surface area contributed by atoms with Gasteiger partial charge in [-0.3, -0.25) is 0 Å². The van der Waals surface area contributed by atoms with Crippen molar-refractivity contribution >= 4 is 5.70 Å². The highest BCUT2D eigenvalue weighted by molar-refractivity contribution is 5.73. The molecule has 1 aliphatic carbocycles. The Labute approximate surface area is 138 Å². The lowest BCUT2D eigenvalue weighted by Gasteiger charge is -2.29. The molecule has 0 saturated heterocycles. The number of nitrogens with zero attached hydrogens (tertiary/aromatic N) is 1. The Kier molecular flexibility index (Phi) is 4.86. The van der Waals surface area contributed by atoms with E-state index in [1.165, 1.54) is 0 Å². The van der Waals surface area contributed by atoms with Crippen molar-refractivity contribution in [1.82, 2.24) is 4.90 Å². The van der Waals surface area contributed by atoms with Crippen LogP contribution in [-0.4, -0.2) is 16.1 Å². The average molecular weight is 315 g/mol. The van der Waals surface area contributed by atoms with Crippen LogP contribution in [0.5, 0.6) is 0 Å². The van der Waals surface area contributed by atoms with E-state index in [-0.39, 0.29) is 18.0 Å². The summed E-state index contributed by atoms with van der Waals surface area (Å²) in [6.45, 7) is 5.93. The molecule has 0 bridgehead atoms. The molecule has 1 saturated carbocycles. The van der Waals surface area contributed by atoms with Crippen LogP contribution in [-0.2, 0) is 0 Å². The van der Waals surface area contributed by atoms with Gasteiger partial charge in [-0.1, -0.05) is 24.8 Å². The molecule has 1 aliphatic heterocycles. The average Bonchev–Trinajstić information content (AvgIpc) is 2.88. The first kappa shape index (κ1) is 16.3. The number of halogens is 1. The minimum atomic E-state index is -0.116. The van der Waals surface area contributed by atoms with Crippen molar-refractivity contribution in [2.45, 2.75) is 57.6 Å². The van der Waals surface area contributed by atoms with Crippen molar-refractivity contribution < 1.29 is 9.50 Å². The first-order valence-corrected chi connectivity index (χ1v) is 8.69. The molecule has 3 rings (SSSR count). The number of aliphatic hydroxyl groups is 1. The van der Waals surface area contributed by atoms with E-state index in [4.69, 9.17) is 0 Å². The largest absolute Gasteiger partial charge is 0.393 e. The van der Waals surface area contributed by atoms with Gasteiger partial charge in [0.05, 0.1) is 12.1 Å². The molecule has 2 nitrogen and oxygen atoms in total. The molecule has 2 aliphatic rings. The fraction of sp³-hybridized carbons (Fsp3) is 0.500. The third-order valence-corrected chi connectivity index (χ3v) is 5.41. The molecule has 0 radical (unpaired) electrons. The van der Waals surface area contributed by atoms with E-state index in [0.717, 1.165) is 55.3 Å². The fourth-order valence-electron chi connectivity index (χ4n) is 4.19. The van der Waals surface area contributed by atoms with Crippen LogP contribution in [0, 0.1) is 11.7 Å². The Morgan fingerprint density at radius 1 is 1.26 bits per heavy atom. The molecule has 0 spiro atoms. The zero-order chi connectivity index (χ0) is 16.4. The van der Waals surface area contributed by atoms with Crippen LogP contribution in [0.15, 0.2) is 37.1 Å². The summed E-state index contributed by atoms with van der Waals surface area (Å²) in [6.07, 6.45) is 9.74. The van der Waals surface area contributed by atoms with Crippen LogP contribution in [0.3, 0.4) is 0 Å². The van der Waals surface area contributed by atoms with Gasteiger partial charge >= 0.3 is 0 Å². The van der Waals surface area contributed by atoms with Gasteiger partial charge in [-0.15, -0.1) is 0 Å². The summed E-state index contributed by atoms with van der Waals surface area (Å²) in [7, 11) is 0. The Morgan fingerprint density at radius 2 is 2.00 bits per heavy atom.